The summed E-state index contributed by atoms with van der Waals surface area (Å²) in [7, 11) is 0. The number of benzene rings is 1. The van der Waals surface area contributed by atoms with E-state index in [2.05, 4.69) is 26.8 Å². The van der Waals surface area contributed by atoms with E-state index in [-0.39, 0.29) is 5.60 Å². The van der Waals surface area contributed by atoms with Crippen molar-refractivity contribution in [3.63, 3.8) is 0 Å². The monoisotopic (exact) mass is 253 g/mol. The van der Waals surface area contributed by atoms with Gasteiger partial charge >= 0.3 is 0 Å². The highest BCUT2D eigenvalue weighted by molar-refractivity contribution is 6.32. The molecule has 1 heterocycles. The summed E-state index contributed by atoms with van der Waals surface area (Å²) < 4.78 is 5.86. The molecule has 2 nitrogen and oxygen atoms in total. The van der Waals surface area contributed by atoms with Crippen molar-refractivity contribution in [1.29, 1.82) is 0 Å². The minimum atomic E-state index is -0.137. The topological polar surface area (TPSA) is 35.2 Å². The smallest absolute Gasteiger partial charge is 0.124 e. The lowest BCUT2D eigenvalue weighted by atomic mass is 9.93. The number of ether oxygens (including phenoxy) is 1. The molecule has 17 heavy (non-hydrogen) atoms. The van der Waals surface area contributed by atoms with Gasteiger partial charge < -0.3 is 10.5 Å². The van der Waals surface area contributed by atoms with E-state index in [9.17, 15) is 0 Å². The molecule has 94 valence electrons. The normalized spacial score (nSPS) is 18.6. The molecule has 2 rings (SSSR count). The minimum Gasteiger partial charge on any atom is -0.487 e. The third-order valence-corrected chi connectivity index (χ3v) is 3.80. The molecule has 0 radical (unpaired) electrons. The van der Waals surface area contributed by atoms with Gasteiger partial charge in [0, 0.05) is 12.0 Å². The van der Waals surface area contributed by atoms with Crippen LogP contribution in [0.5, 0.6) is 5.75 Å². The van der Waals surface area contributed by atoms with E-state index in [0.29, 0.717) is 12.5 Å². The Morgan fingerprint density at radius 2 is 2.18 bits per heavy atom. The molecule has 1 aromatic rings. The standard InChI is InChI=1S/C14H20ClNO/c1-9(6-7-16)10-4-5-12-11(13(10)15)8-14(2,3)17-12/h4-5,9H,6-8,16H2,1-3H3. The minimum absolute atomic E-state index is 0.137. The van der Waals surface area contributed by atoms with Crippen molar-refractivity contribution in [3.8, 4) is 5.75 Å². The first-order valence-electron chi connectivity index (χ1n) is 6.15. The highest BCUT2D eigenvalue weighted by Gasteiger charge is 2.32. The van der Waals surface area contributed by atoms with Crippen molar-refractivity contribution in [2.75, 3.05) is 6.54 Å². The summed E-state index contributed by atoms with van der Waals surface area (Å²) in [5.41, 5.74) is 7.81. The first-order chi connectivity index (χ1) is 7.94. The number of fused-ring (bicyclic) bond motifs is 1. The summed E-state index contributed by atoms with van der Waals surface area (Å²) in [4.78, 5) is 0. The summed E-state index contributed by atoms with van der Waals surface area (Å²) in [5, 5.41) is 0.869. The Labute approximate surface area is 108 Å². The van der Waals surface area contributed by atoms with Crippen LogP contribution >= 0.6 is 11.6 Å². The molecule has 1 aliphatic rings. The van der Waals surface area contributed by atoms with Crippen LogP contribution in [0.3, 0.4) is 0 Å². The van der Waals surface area contributed by atoms with Crippen molar-refractivity contribution in [2.24, 2.45) is 5.73 Å². The molecule has 1 aliphatic heterocycles. The second-order valence-electron chi connectivity index (χ2n) is 5.46. The first kappa shape index (κ1) is 12.7. The van der Waals surface area contributed by atoms with E-state index >= 15 is 0 Å². The van der Waals surface area contributed by atoms with Gasteiger partial charge in [-0.2, -0.15) is 0 Å². The molecule has 1 aromatic carbocycles. The molecule has 1 atom stereocenters. The Morgan fingerprint density at radius 1 is 1.47 bits per heavy atom. The molecular formula is C14H20ClNO. The van der Waals surface area contributed by atoms with Gasteiger partial charge in [0.05, 0.1) is 5.02 Å². The lowest BCUT2D eigenvalue weighted by Crippen LogP contribution is -2.24. The average molecular weight is 254 g/mol. The van der Waals surface area contributed by atoms with Crippen LogP contribution < -0.4 is 10.5 Å². The predicted octanol–water partition coefficient (Wildman–Crippen LogP) is 3.51. The van der Waals surface area contributed by atoms with Gasteiger partial charge in [0.1, 0.15) is 11.4 Å². The largest absolute Gasteiger partial charge is 0.487 e. The SMILES string of the molecule is CC(CCN)c1ccc2c(c1Cl)CC(C)(C)O2. The molecule has 3 heteroatoms. The van der Waals surface area contributed by atoms with Crippen LogP contribution in [0, 0.1) is 0 Å². The van der Waals surface area contributed by atoms with Crippen LogP contribution in [0.2, 0.25) is 5.02 Å². The van der Waals surface area contributed by atoms with E-state index in [4.69, 9.17) is 22.1 Å². The predicted molar refractivity (Wildman–Crippen MR) is 71.9 cm³/mol. The van der Waals surface area contributed by atoms with E-state index < -0.39 is 0 Å². The van der Waals surface area contributed by atoms with E-state index in [1.807, 2.05) is 6.07 Å². The molecule has 0 aliphatic carbocycles. The number of hydrogen-bond donors (Lipinski definition) is 1. The summed E-state index contributed by atoms with van der Waals surface area (Å²) >= 11 is 6.49. The van der Waals surface area contributed by atoms with Gasteiger partial charge in [0.2, 0.25) is 0 Å². The van der Waals surface area contributed by atoms with Crippen LogP contribution in [0.4, 0.5) is 0 Å². The van der Waals surface area contributed by atoms with Crippen molar-refractivity contribution in [3.05, 3.63) is 28.3 Å². The highest BCUT2D eigenvalue weighted by Crippen LogP contribution is 2.42. The number of halogens is 1. The molecule has 0 fully saturated rings. The van der Waals surface area contributed by atoms with Crippen LogP contribution in [0.1, 0.15) is 44.2 Å². The van der Waals surface area contributed by atoms with Gasteiger partial charge in [-0.25, -0.2) is 0 Å². The molecule has 0 saturated carbocycles. The van der Waals surface area contributed by atoms with Gasteiger partial charge in [-0.05, 0) is 44.4 Å². The fourth-order valence-electron chi connectivity index (χ4n) is 2.43. The fourth-order valence-corrected chi connectivity index (χ4v) is 2.84. The summed E-state index contributed by atoms with van der Waals surface area (Å²) in [5.74, 6) is 1.34. The Kier molecular flexibility index (Phi) is 3.37. The number of rotatable bonds is 3. The van der Waals surface area contributed by atoms with Gasteiger partial charge in [-0.3, -0.25) is 0 Å². The second-order valence-corrected chi connectivity index (χ2v) is 5.84. The number of hydrogen-bond acceptors (Lipinski definition) is 2. The lowest BCUT2D eigenvalue weighted by Gasteiger charge is -2.16. The summed E-state index contributed by atoms with van der Waals surface area (Å²) in [6, 6.07) is 4.11. The Bertz CT molecular complexity index is 428. The molecule has 0 saturated heterocycles. The van der Waals surface area contributed by atoms with Gasteiger partial charge in [-0.15, -0.1) is 0 Å². The molecule has 0 aromatic heterocycles. The fraction of sp³-hybridized carbons (Fsp3) is 0.571. The maximum Gasteiger partial charge on any atom is 0.124 e. The summed E-state index contributed by atoms with van der Waals surface area (Å²) in [6.45, 7) is 7.04. The van der Waals surface area contributed by atoms with Gasteiger partial charge in [0.15, 0.2) is 0 Å². The molecule has 0 bridgehead atoms. The maximum atomic E-state index is 6.49. The lowest BCUT2D eigenvalue weighted by molar-refractivity contribution is 0.138. The van der Waals surface area contributed by atoms with Crippen molar-refractivity contribution >= 4 is 11.6 Å². The molecule has 2 N–H and O–H groups in total. The van der Waals surface area contributed by atoms with Gasteiger partial charge in [-0.1, -0.05) is 24.6 Å². The Morgan fingerprint density at radius 3 is 2.82 bits per heavy atom. The quantitative estimate of drug-likeness (QED) is 0.895. The maximum absolute atomic E-state index is 6.49. The average Bonchev–Trinajstić information content (AvgIpc) is 2.54. The third-order valence-electron chi connectivity index (χ3n) is 3.35. The Balaban J connectivity index is 2.35. The van der Waals surface area contributed by atoms with E-state index in [1.54, 1.807) is 0 Å². The number of nitrogens with two attached hydrogens (primary N) is 1. The molecule has 0 spiro atoms. The summed E-state index contributed by atoms with van der Waals surface area (Å²) in [6.07, 6.45) is 1.84. The Hall–Kier alpha value is -0.730. The zero-order valence-electron chi connectivity index (χ0n) is 10.7. The van der Waals surface area contributed by atoms with Crippen LogP contribution in [0.15, 0.2) is 12.1 Å². The van der Waals surface area contributed by atoms with Crippen LogP contribution in [-0.4, -0.2) is 12.1 Å². The molecule has 0 amide bonds. The third kappa shape index (κ3) is 2.43. The van der Waals surface area contributed by atoms with Crippen molar-refractivity contribution < 1.29 is 4.74 Å². The highest BCUT2D eigenvalue weighted by atomic mass is 35.5. The van der Waals surface area contributed by atoms with E-state index in [1.165, 1.54) is 5.56 Å². The van der Waals surface area contributed by atoms with Crippen molar-refractivity contribution in [2.45, 2.75) is 45.1 Å². The second kappa shape index (κ2) is 4.51. The van der Waals surface area contributed by atoms with E-state index in [0.717, 1.165) is 29.2 Å². The van der Waals surface area contributed by atoms with Crippen LogP contribution in [0.25, 0.3) is 0 Å². The van der Waals surface area contributed by atoms with Crippen LogP contribution in [-0.2, 0) is 6.42 Å². The van der Waals surface area contributed by atoms with Gasteiger partial charge in [0.25, 0.3) is 0 Å². The molecular weight excluding hydrogens is 234 g/mol. The zero-order valence-corrected chi connectivity index (χ0v) is 11.5. The van der Waals surface area contributed by atoms with Crippen molar-refractivity contribution in [1.82, 2.24) is 0 Å². The zero-order chi connectivity index (χ0) is 12.6. The first-order valence-corrected chi connectivity index (χ1v) is 6.53. The molecule has 1 unspecified atom stereocenters.